The summed E-state index contributed by atoms with van der Waals surface area (Å²) >= 11 is 0. The van der Waals surface area contributed by atoms with Crippen LogP contribution in [0.1, 0.15) is 143 Å². The summed E-state index contributed by atoms with van der Waals surface area (Å²) in [6, 6.07) is 19.2. The second-order valence-electron chi connectivity index (χ2n) is 19.8. The molecule has 0 fully saturated rings. The molecular formula is C52H73BN12NaO11S2. The molecule has 8 rings (SSSR count). The number of aryl methyl sites for hydroxylation is 2. The number of fused-ring (bicyclic) bond motifs is 2. The summed E-state index contributed by atoms with van der Waals surface area (Å²) in [6.45, 7) is 26.0. The van der Waals surface area contributed by atoms with Gasteiger partial charge in [-0.2, -0.15) is 37.0 Å². The SMILES string of the molecule is C=O.CC(=O)OOC(C)=O.Cc1noc([C@@H](NC(=O)c2nc(-c3ccccc3)n3c2CN(C)CCC3)C(C)(C)C)n1.Cc1noc([C@@H](NC(=O)c2nc(-c3ccccc3)n3c2CNCCC3)C(C)(C)C)n1.S.S.[B-]OC(C)=O.[Na+]. The number of amides is 2. The summed E-state index contributed by atoms with van der Waals surface area (Å²) in [5, 5.41) is 17.4. The molecule has 0 spiro atoms. The molecule has 3 N–H and O–H groups in total. The number of carbonyl (C=O) groups is 6. The molecule has 6 aromatic rings. The molecule has 0 saturated carbocycles. The van der Waals surface area contributed by atoms with Crippen molar-refractivity contribution in [1.82, 2.24) is 60.2 Å². The Kier molecular flexibility index (Phi) is 30.0. The van der Waals surface area contributed by atoms with Gasteiger partial charge in [-0.1, -0.05) is 113 Å². The Hall–Kier alpha value is -6.16. The second kappa shape index (κ2) is 33.4. The molecule has 3 radical (unpaired) electrons. The average Bonchev–Trinajstić information content (AvgIpc) is 4.11. The Balaban J connectivity index is 0.000000611. The van der Waals surface area contributed by atoms with Crippen molar-refractivity contribution in [3.8, 4) is 22.8 Å². The fraction of sp³-hybridized carbons (Fsp3) is 0.462. The van der Waals surface area contributed by atoms with E-state index in [4.69, 9.17) is 23.8 Å². The Morgan fingerprint density at radius 3 is 1.41 bits per heavy atom. The topological polar surface area (TPSA) is 283 Å². The van der Waals surface area contributed by atoms with Gasteiger partial charge in [-0.3, -0.25) is 14.4 Å². The summed E-state index contributed by atoms with van der Waals surface area (Å²) in [6.07, 6.45) is 1.99. The Morgan fingerprint density at radius 2 is 1.04 bits per heavy atom. The minimum absolute atomic E-state index is 0. The van der Waals surface area contributed by atoms with Crippen LogP contribution >= 0.6 is 27.0 Å². The van der Waals surface area contributed by atoms with Crippen molar-refractivity contribution in [2.45, 2.75) is 127 Å². The molecule has 79 heavy (non-hydrogen) atoms. The van der Waals surface area contributed by atoms with E-state index >= 15 is 0 Å². The Bertz CT molecular complexity index is 2860. The van der Waals surface area contributed by atoms with E-state index in [9.17, 15) is 24.0 Å². The molecule has 23 nitrogen and oxygen atoms in total. The van der Waals surface area contributed by atoms with E-state index in [1.807, 2.05) is 109 Å². The first-order valence-corrected chi connectivity index (χ1v) is 24.4. The van der Waals surface area contributed by atoms with Gasteiger partial charge in [0.25, 0.3) is 11.8 Å². The smallest absolute Gasteiger partial charge is 0.793 e. The fourth-order valence-electron chi connectivity index (χ4n) is 7.85. The van der Waals surface area contributed by atoms with Gasteiger partial charge < -0.3 is 56.5 Å². The van der Waals surface area contributed by atoms with Crippen molar-refractivity contribution in [3.63, 3.8) is 0 Å². The normalized spacial score (nSPS) is 13.3. The maximum absolute atomic E-state index is 13.5. The van der Waals surface area contributed by atoms with Crippen molar-refractivity contribution < 1.29 is 81.8 Å². The molecule has 2 amide bonds. The molecule has 4 aromatic heterocycles. The van der Waals surface area contributed by atoms with Crippen LogP contribution in [-0.2, 0) is 59.8 Å². The molecular weight excluding hydrogens is 1070 g/mol. The third-order valence-corrected chi connectivity index (χ3v) is 11.3. The number of hydrogen-bond donors (Lipinski definition) is 3. The molecule has 27 heteroatoms. The zero-order chi connectivity index (χ0) is 56.3. The molecule has 6 heterocycles. The molecule has 2 aromatic carbocycles. The minimum atomic E-state index is -0.639. The van der Waals surface area contributed by atoms with Gasteiger partial charge in [0.2, 0.25) is 17.8 Å². The Labute approximate surface area is 498 Å². The third-order valence-electron chi connectivity index (χ3n) is 11.3. The molecule has 423 valence electrons. The first kappa shape index (κ1) is 70.9. The number of imidazole rings is 2. The molecule has 0 bridgehead atoms. The summed E-state index contributed by atoms with van der Waals surface area (Å²) < 4.78 is 18.7. The van der Waals surface area contributed by atoms with E-state index in [0.29, 0.717) is 47.9 Å². The monoisotopic (exact) mass is 1140 g/mol. The average molecular weight is 1140 g/mol. The van der Waals surface area contributed by atoms with Gasteiger partial charge in [0.15, 0.2) is 23.0 Å². The maximum Gasteiger partial charge on any atom is 1.00 e. The molecule has 0 aliphatic carbocycles. The van der Waals surface area contributed by atoms with E-state index < -0.39 is 30.0 Å². The first-order valence-electron chi connectivity index (χ1n) is 24.4. The summed E-state index contributed by atoms with van der Waals surface area (Å²) in [7, 11) is 6.40. The van der Waals surface area contributed by atoms with E-state index in [0.717, 1.165) is 87.0 Å². The van der Waals surface area contributed by atoms with Crippen LogP contribution in [0.5, 0.6) is 0 Å². The quantitative estimate of drug-likeness (QED) is 0.112. The fourth-order valence-corrected chi connectivity index (χ4v) is 7.85. The standard InChI is InChI=1S/C23H30N6O2.C22H28N6O2.C4H6O4.C2H3BO2.CH2O.Na.2H2S/c1-15-24-22(31-27-15)19(23(2,3)4)26-21(30)18-17-14-28(5)12-9-13-29(17)20(25-18)16-10-7-6-8-11-16;1-14-24-21(30-27-14)18(22(2,3)4)26-20(29)17-16-13-23-11-8-12-28(16)19(25-17)15-9-6-5-7-10-15;1-3(5)7-8-4(2)6;1-2(4)5-3;1-2;;;/h6-8,10-11,19H,9,12-14H2,1-5H3,(H,26,30);5-7,9-10,18,23H,8,11-13H2,1-4H3,(H,26,29);1-2H3;1H3;1H2;;2*1H2/q;;;-1;;+1;;/t19-;18-;;;;;;/m11....../s1. The van der Waals surface area contributed by atoms with Crippen LogP contribution in [0.3, 0.4) is 0 Å². The van der Waals surface area contributed by atoms with Crippen LogP contribution in [0, 0.1) is 24.7 Å². The zero-order valence-electron chi connectivity index (χ0n) is 47.4. The van der Waals surface area contributed by atoms with E-state index in [1.54, 1.807) is 13.8 Å². The summed E-state index contributed by atoms with van der Waals surface area (Å²) in [5.74, 6) is 1.34. The third kappa shape index (κ3) is 21.1. The van der Waals surface area contributed by atoms with Crippen molar-refractivity contribution in [1.29, 1.82) is 0 Å². The number of carbonyl (C=O) groups excluding carboxylic acids is 6. The van der Waals surface area contributed by atoms with E-state index in [2.05, 4.69) is 79.8 Å². The van der Waals surface area contributed by atoms with Gasteiger partial charge in [0.05, 0.1) is 11.4 Å². The minimum Gasteiger partial charge on any atom is -0.793 e. The van der Waals surface area contributed by atoms with Gasteiger partial charge in [-0.25, -0.2) is 29.3 Å². The van der Waals surface area contributed by atoms with Gasteiger partial charge in [-0.15, -0.1) is 0 Å². The second-order valence-corrected chi connectivity index (χ2v) is 19.8. The molecule has 2 aliphatic heterocycles. The van der Waals surface area contributed by atoms with Crippen LogP contribution in [0.25, 0.3) is 22.8 Å². The zero-order valence-corrected chi connectivity index (χ0v) is 51.4. The number of rotatable bonds is 8. The number of aromatic nitrogens is 8. The number of nitrogens with zero attached hydrogens (tertiary/aromatic N) is 9. The van der Waals surface area contributed by atoms with Crippen LogP contribution in [-0.4, -0.2) is 109 Å². The largest absolute Gasteiger partial charge is 1.00 e. The summed E-state index contributed by atoms with van der Waals surface area (Å²) in [4.78, 5) is 92.3. The van der Waals surface area contributed by atoms with Crippen LogP contribution < -0.4 is 45.5 Å². The van der Waals surface area contributed by atoms with Crippen molar-refractivity contribution >= 4 is 71.6 Å². The Morgan fingerprint density at radius 1 is 0.646 bits per heavy atom. The maximum atomic E-state index is 13.5. The van der Waals surface area contributed by atoms with E-state index in [1.165, 1.54) is 6.92 Å². The number of nitrogens with one attached hydrogen (secondary N) is 3. The molecule has 0 saturated heterocycles. The predicted molar refractivity (Wildman–Crippen MR) is 299 cm³/mol. The van der Waals surface area contributed by atoms with Crippen LogP contribution in [0.15, 0.2) is 69.7 Å². The van der Waals surface area contributed by atoms with Crippen molar-refractivity contribution in [2.24, 2.45) is 10.8 Å². The van der Waals surface area contributed by atoms with Crippen LogP contribution in [0.4, 0.5) is 0 Å². The van der Waals surface area contributed by atoms with Crippen molar-refractivity contribution in [2.75, 3.05) is 20.1 Å². The molecule has 2 aliphatic rings. The molecule has 0 unspecified atom stereocenters. The van der Waals surface area contributed by atoms with Gasteiger partial charge >= 0.3 is 41.5 Å². The molecule has 2 atom stereocenters. The predicted octanol–water partition coefficient (Wildman–Crippen LogP) is 3.55. The summed E-state index contributed by atoms with van der Waals surface area (Å²) in [5.41, 5.74) is 4.11. The van der Waals surface area contributed by atoms with E-state index in [-0.39, 0.29) is 79.2 Å². The van der Waals surface area contributed by atoms with Gasteiger partial charge in [0, 0.05) is 58.1 Å². The van der Waals surface area contributed by atoms with Gasteiger partial charge in [-0.05, 0) is 57.7 Å². The number of benzene rings is 2. The van der Waals surface area contributed by atoms with Gasteiger partial charge in [0.1, 0.15) is 30.5 Å². The number of hydrogen-bond acceptors (Lipinski definition) is 19. The van der Waals surface area contributed by atoms with Crippen molar-refractivity contribution in [3.05, 3.63) is 107 Å². The van der Waals surface area contributed by atoms with Crippen LogP contribution in [0.2, 0.25) is 0 Å². The first-order chi connectivity index (χ1) is 36.0.